The summed E-state index contributed by atoms with van der Waals surface area (Å²) in [5, 5.41) is 0. The third-order valence-corrected chi connectivity index (χ3v) is 1.62. The van der Waals surface area contributed by atoms with Gasteiger partial charge in [-0.3, -0.25) is 0 Å². The summed E-state index contributed by atoms with van der Waals surface area (Å²) in [4.78, 5) is 0. The van der Waals surface area contributed by atoms with Gasteiger partial charge in [0.15, 0.2) is 0 Å². The Morgan fingerprint density at radius 3 is 2.67 bits per heavy atom. The van der Waals surface area contributed by atoms with E-state index >= 15 is 0 Å². The Bertz CT molecular complexity index is 194. The first-order valence-electron chi connectivity index (χ1n) is 2.77. The summed E-state index contributed by atoms with van der Waals surface area (Å²) in [5.74, 6) is 0. The van der Waals surface area contributed by atoms with E-state index < -0.39 is 0 Å². The lowest BCUT2D eigenvalue weighted by atomic mass is 10.2. The van der Waals surface area contributed by atoms with Crippen molar-refractivity contribution in [2.24, 2.45) is 0 Å². The third kappa shape index (κ3) is 1.83. The lowest BCUT2D eigenvalue weighted by molar-refractivity contribution is 1.27. The van der Waals surface area contributed by atoms with E-state index in [1.807, 2.05) is 24.3 Å². The van der Waals surface area contributed by atoms with Crippen molar-refractivity contribution in [2.45, 2.75) is 6.42 Å². The molecule has 0 amide bonds. The second-order valence-corrected chi connectivity index (χ2v) is 2.75. The van der Waals surface area contributed by atoms with Crippen molar-refractivity contribution < 1.29 is 0 Å². The van der Waals surface area contributed by atoms with Crippen LogP contribution in [-0.4, -0.2) is 0 Å². The van der Waals surface area contributed by atoms with Crippen LogP contribution in [0.2, 0.25) is 0 Å². The molecule has 0 fully saturated rings. The van der Waals surface area contributed by atoms with Gasteiger partial charge in [0.1, 0.15) is 0 Å². The van der Waals surface area contributed by atoms with Crippen LogP contribution in [0.25, 0.3) is 0 Å². The van der Waals surface area contributed by atoms with E-state index in [0.717, 1.165) is 10.0 Å². The maximum Gasteiger partial charge on any atom is 0.0177 e. The minimum absolute atomic E-state index is 0.611. The molecule has 0 nitrogen and oxygen atoms in total. The highest BCUT2D eigenvalue weighted by Crippen LogP contribution is 2.11. The molecule has 9 heavy (non-hydrogen) atoms. The molecule has 46 valence electrons. The molecule has 1 heteroatoms. The molecule has 0 saturated carbocycles. The van der Waals surface area contributed by atoms with Gasteiger partial charge >= 0.3 is 0 Å². The number of rotatable bonds is 1. The van der Waals surface area contributed by atoms with Crippen LogP contribution in [0.3, 0.4) is 0 Å². The van der Waals surface area contributed by atoms with Crippen molar-refractivity contribution in [2.75, 3.05) is 0 Å². The highest BCUT2D eigenvalue weighted by molar-refractivity contribution is 9.10. The summed E-state index contributed by atoms with van der Waals surface area (Å²) in [6.07, 6.45) is 0.611. The predicted molar refractivity (Wildman–Crippen MR) is 42.1 cm³/mol. The molecule has 0 spiro atoms. The molecular weight excluding hydrogens is 176 g/mol. The van der Waals surface area contributed by atoms with Gasteiger partial charge in [-0.25, -0.2) is 0 Å². The zero-order valence-corrected chi connectivity index (χ0v) is 6.56. The summed E-state index contributed by atoms with van der Waals surface area (Å²) in [7, 11) is 0. The fourth-order valence-electron chi connectivity index (χ4n) is 0.664. The van der Waals surface area contributed by atoms with Crippen molar-refractivity contribution >= 4 is 15.9 Å². The normalized spacial score (nSPS) is 9.56. The average molecular weight is 183 g/mol. The Morgan fingerprint density at radius 2 is 2.22 bits per heavy atom. The van der Waals surface area contributed by atoms with Gasteiger partial charge in [-0.15, -0.1) is 0 Å². The van der Waals surface area contributed by atoms with E-state index in [1.54, 1.807) is 0 Å². The van der Waals surface area contributed by atoms with Crippen LogP contribution in [0, 0.1) is 6.92 Å². The van der Waals surface area contributed by atoms with Crippen LogP contribution in [-0.2, 0) is 6.42 Å². The highest BCUT2D eigenvalue weighted by Gasteiger charge is 1.87. The minimum atomic E-state index is 0.611. The summed E-state index contributed by atoms with van der Waals surface area (Å²) >= 11 is 3.35. The van der Waals surface area contributed by atoms with Crippen LogP contribution in [0.5, 0.6) is 0 Å². The van der Waals surface area contributed by atoms with Gasteiger partial charge in [-0.05, 0) is 31.0 Å². The maximum absolute atomic E-state index is 5.40. The smallest absolute Gasteiger partial charge is 0.0177 e. The van der Waals surface area contributed by atoms with Gasteiger partial charge in [-0.2, -0.15) is 0 Å². The summed E-state index contributed by atoms with van der Waals surface area (Å²) in [5.41, 5.74) is 1.16. The van der Waals surface area contributed by atoms with Crippen LogP contribution in [0.1, 0.15) is 5.56 Å². The number of halogens is 1. The molecule has 0 aliphatic carbocycles. The average Bonchev–Trinajstić information content (AvgIpc) is 1.88. The van der Waals surface area contributed by atoms with Crippen molar-refractivity contribution in [1.82, 2.24) is 0 Å². The fraction of sp³-hybridized carbons (Fsp3) is 0.125. The predicted octanol–water partition coefficient (Wildman–Crippen LogP) is 2.70. The molecular formula is C8H7Br. The van der Waals surface area contributed by atoms with Crippen molar-refractivity contribution in [1.29, 1.82) is 0 Å². The zero-order chi connectivity index (χ0) is 6.69. The Labute approximate surface area is 64.0 Å². The number of hydrogen-bond donors (Lipinski definition) is 0. The van der Waals surface area contributed by atoms with Crippen LogP contribution in [0.15, 0.2) is 28.7 Å². The van der Waals surface area contributed by atoms with E-state index in [2.05, 4.69) is 15.9 Å². The number of benzene rings is 1. The second kappa shape index (κ2) is 3.02. The minimum Gasteiger partial charge on any atom is -0.0609 e. The molecule has 0 N–H and O–H groups in total. The second-order valence-electron chi connectivity index (χ2n) is 1.83. The molecule has 0 aliphatic heterocycles. The molecule has 0 aromatic heterocycles. The van der Waals surface area contributed by atoms with Gasteiger partial charge in [-0.1, -0.05) is 28.1 Å². The molecule has 0 heterocycles. The maximum atomic E-state index is 5.40. The SMILES string of the molecule is [CH]Cc1cccc(Br)c1. The van der Waals surface area contributed by atoms with Crippen molar-refractivity contribution in [3.63, 3.8) is 0 Å². The van der Waals surface area contributed by atoms with Crippen LogP contribution in [0.4, 0.5) is 0 Å². The Hall–Kier alpha value is -0.300. The molecule has 0 bridgehead atoms. The van der Waals surface area contributed by atoms with E-state index in [0.29, 0.717) is 6.42 Å². The lowest BCUT2D eigenvalue weighted by Crippen LogP contribution is -1.76. The van der Waals surface area contributed by atoms with Gasteiger partial charge in [0.2, 0.25) is 0 Å². The van der Waals surface area contributed by atoms with Crippen molar-refractivity contribution in [3.05, 3.63) is 41.2 Å². The molecule has 1 rings (SSSR count). The zero-order valence-electron chi connectivity index (χ0n) is 4.97. The van der Waals surface area contributed by atoms with E-state index in [1.165, 1.54) is 0 Å². The lowest BCUT2D eigenvalue weighted by Gasteiger charge is -1.93. The van der Waals surface area contributed by atoms with E-state index in [-0.39, 0.29) is 0 Å². The van der Waals surface area contributed by atoms with Crippen LogP contribution >= 0.6 is 15.9 Å². The summed E-state index contributed by atoms with van der Waals surface area (Å²) < 4.78 is 1.09. The van der Waals surface area contributed by atoms with E-state index in [9.17, 15) is 0 Å². The van der Waals surface area contributed by atoms with Crippen molar-refractivity contribution in [3.8, 4) is 0 Å². The van der Waals surface area contributed by atoms with Gasteiger partial charge < -0.3 is 0 Å². The summed E-state index contributed by atoms with van der Waals surface area (Å²) in [6, 6.07) is 7.98. The molecule has 2 radical (unpaired) electrons. The topological polar surface area (TPSA) is 0 Å². The molecule has 0 saturated heterocycles. The summed E-state index contributed by atoms with van der Waals surface area (Å²) in [6.45, 7) is 5.40. The fourth-order valence-corrected chi connectivity index (χ4v) is 1.11. The monoisotopic (exact) mass is 182 g/mol. The first-order chi connectivity index (χ1) is 4.33. The largest absolute Gasteiger partial charge is 0.0609 e. The molecule has 0 unspecified atom stereocenters. The number of hydrogen-bond acceptors (Lipinski definition) is 0. The highest BCUT2D eigenvalue weighted by atomic mass is 79.9. The van der Waals surface area contributed by atoms with Gasteiger partial charge in [0.05, 0.1) is 0 Å². The Balaban J connectivity index is 2.94. The van der Waals surface area contributed by atoms with E-state index in [4.69, 9.17) is 6.92 Å². The molecule has 1 aromatic rings. The molecule has 0 atom stereocenters. The first kappa shape index (κ1) is 6.81. The molecule has 1 aromatic carbocycles. The van der Waals surface area contributed by atoms with Gasteiger partial charge in [0, 0.05) is 4.47 Å². The third-order valence-electron chi connectivity index (χ3n) is 1.12. The van der Waals surface area contributed by atoms with Crippen LogP contribution < -0.4 is 0 Å². The molecule has 0 aliphatic rings. The Kier molecular flexibility index (Phi) is 2.29. The Morgan fingerprint density at radius 1 is 1.44 bits per heavy atom. The van der Waals surface area contributed by atoms with Gasteiger partial charge in [0.25, 0.3) is 0 Å². The quantitative estimate of drug-likeness (QED) is 0.627. The first-order valence-corrected chi connectivity index (χ1v) is 3.57. The standard InChI is InChI=1S/C8H7Br/c1-2-7-4-3-5-8(9)6-7/h1,3-6H,2H2.